The van der Waals surface area contributed by atoms with Gasteiger partial charge in [-0.3, -0.25) is 14.7 Å². The number of H-pyrrole nitrogens is 1. The Kier molecular flexibility index (Phi) is 5.70. The Hall–Kier alpha value is -3.12. The molecular formula is C25H25ClN4O2. The molecule has 7 heteroatoms. The molecule has 0 saturated heterocycles. The fourth-order valence-electron chi connectivity index (χ4n) is 4.74. The average molecular weight is 449 g/mol. The van der Waals surface area contributed by atoms with Crippen LogP contribution in [0.25, 0.3) is 0 Å². The van der Waals surface area contributed by atoms with Crippen molar-refractivity contribution >= 4 is 23.4 Å². The number of rotatable bonds is 4. The van der Waals surface area contributed by atoms with Crippen LogP contribution in [-0.4, -0.2) is 33.5 Å². The van der Waals surface area contributed by atoms with Crippen molar-refractivity contribution in [1.29, 1.82) is 0 Å². The second kappa shape index (κ2) is 8.79. The summed E-state index contributed by atoms with van der Waals surface area (Å²) in [5, 5.41) is 11.1. The maximum absolute atomic E-state index is 13.2. The van der Waals surface area contributed by atoms with Crippen molar-refractivity contribution in [2.45, 2.75) is 44.7 Å². The van der Waals surface area contributed by atoms with Crippen LogP contribution in [0.15, 0.2) is 48.5 Å². The van der Waals surface area contributed by atoms with Gasteiger partial charge in [0.25, 0.3) is 5.91 Å². The minimum absolute atomic E-state index is 0.00230. The molecule has 5 rings (SSSR count). The number of aryl methyl sites for hydroxylation is 1. The van der Waals surface area contributed by atoms with Crippen LogP contribution in [-0.2, 0) is 30.6 Å². The molecule has 6 nitrogen and oxygen atoms in total. The van der Waals surface area contributed by atoms with E-state index in [4.69, 9.17) is 11.6 Å². The fourth-order valence-corrected chi connectivity index (χ4v) is 4.95. The summed E-state index contributed by atoms with van der Waals surface area (Å²) in [5.74, 6) is -0.192. The lowest BCUT2D eigenvalue weighted by Crippen LogP contribution is -2.38. The molecule has 1 atom stereocenters. The van der Waals surface area contributed by atoms with Gasteiger partial charge in [-0.15, -0.1) is 0 Å². The molecule has 3 aromatic rings. The Balaban J connectivity index is 1.31. The Bertz CT molecular complexity index is 1170. The van der Waals surface area contributed by atoms with Gasteiger partial charge in [0.1, 0.15) is 0 Å². The third-order valence-electron chi connectivity index (χ3n) is 6.48. The van der Waals surface area contributed by atoms with E-state index >= 15 is 0 Å². The smallest absolute Gasteiger partial charge is 0.272 e. The molecule has 2 heterocycles. The number of carbonyl (C=O) groups is 2. The highest BCUT2D eigenvalue weighted by Gasteiger charge is 2.30. The normalized spacial score (nSPS) is 17.4. The molecule has 2 amide bonds. The zero-order valence-electron chi connectivity index (χ0n) is 17.7. The number of fused-ring (bicyclic) bond motifs is 2. The number of hydrogen-bond donors (Lipinski definition) is 2. The number of hydrogen-bond acceptors (Lipinski definition) is 3. The van der Waals surface area contributed by atoms with Crippen LogP contribution in [0.5, 0.6) is 0 Å². The minimum Gasteiger partial charge on any atom is -0.344 e. The SMILES string of the molecule is O=C(N[C@@H]1CCCc2ccccc21)c1n[nH]c2c1CN(C(=O)Cc1ccccc1Cl)CC2. The van der Waals surface area contributed by atoms with Crippen LogP contribution >= 0.6 is 11.6 Å². The number of aromatic nitrogens is 2. The molecule has 2 N–H and O–H groups in total. The quantitative estimate of drug-likeness (QED) is 0.633. The van der Waals surface area contributed by atoms with Crippen LogP contribution in [0, 0.1) is 0 Å². The summed E-state index contributed by atoms with van der Waals surface area (Å²) in [6.45, 7) is 0.967. The van der Waals surface area contributed by atoms with E-state index in [2.05, 4.69) is 27.6 Å². The van der Waals surface area contributed by atoms with Gasteiger partial charge in [0.05, 0.1) is 12.5 Å². The van der Waals surface area contributed by atoms with Crippen molar-refractivity contribution in [2.24, 2.45) is 0 Å². The summed E-state index contributed by atoms with van der Waals surface area (Å²) >= 11 is 6.23. The molecule has 2 aromatic carbocycles. The monoisotopic (exact) mass is 448 g/mol. The highest BCUT2D eigenvalue weighted by atomic mass is 35.5. The van der Waals surface area contributed by atoms with Crippen LogP contribution in [0.4, 0.5) is 0 Å². The molecule has 0 unspecified atom stereocenters. The summed E-state index contributed by atoms with van der Waals surface area (Å²) in [6.07, 6.45) is 3.90. The van der Waals surface area contributed by atoms with Crippen molar-refractivity contribution < 1.29 is 9.59 Å². The molecule has 164 valence electrons. The standard InChI is InChI=1S/C25H25ClN4O2/c26-20-10-4-2-7-17(20)14-23(31)30-13-12-22-19(15-30)24(29-28-22)25(32)27-21-11-5-8-16-6-1-3-9-18(16)21/h1-4,6-7,9-10,21H,5,8,11-15H2,(H,27,32)(H,28,29)/t21-/m1/s1. The second-order valence-electron chi connectivity index (χ2n) is 8.48. The van der Waals surface area contributed by atoms with Crippen LogP contribution in [0.1, 0.15) is 57.3 Å². The summed E-state index contributed by atoms with van der Waals surface area (Å²) in [5.41, 5.74) is 5.42. The molecule has 0 radical (unpaired) electrons. The molecule has 32 heavy (non-hydrogen) atoms. The zero-order valence-corrected chi connectivity index (χ0v) is 18.5. The largest absolute Gasteiger partial charge is 0.344 e. The van der Waals surface area contributed by atoms with Crippen molar-refractivity contribution in [3.63, 3.8) is 0 Å². The summed E-state index contributed by atoms with van der Waals surface area (Å²) < 4.78 is 0. The van der Waals surface area contributed by atoms with Gasteiger partial charge in [0.15, 0.2) is 5.69 Å². The Labute approximate surface area is 192 Å². The Morgan fingerprint density at radius 1 is 1.12 bits per heavy atom. The van der Waals surface area contributed by atoms with Gasteiger partial charge in [-0.25, -0.2) is 0 Å². The van der Waals surface area contributed by atoms with Gasteiger partial charge < -0.3 is 10.2 Å². The molecule has 1 aromatic heterocycles. The van der Waals surface area contributed by atoms with E-state index in [-0.39, 0.29) is 24.3 Å². The van der Waals surface area contributed by atoms with Gasteiger partial charge in [0.2, 0.25) is 5.91 Å². The summed E-state index contributed by atoms with van der Waals surface area (Å²) in [6, 6.07) is 15.7. The van der Waals surface area contributed by atoms with Crippen molar-refractivity contribution in [3.8, 4) is 0 Å². The average Bonchev–Trinajstić information content (AvgIpc) is 3.24. The number of halogens is 1. The van der Waals surface area contributed by atoms with E-state index in [1.165, 1.54) is 11.1 Å². The first kappa shape index (κ1) is 20.8. The molecule has 0 saturated carbocycles. The van der Waals surface area contributed by atoms with Crippen molar-refractivity contribution in [2.75, 3.05) is 6.54 Å². The minimum atomic E-state index is -0.190. The maximum Gasteiger partial charge on any atom is 0.272 e. The van der Waals surface area contributed by atoms with Gasteiger partial charge in [-0.1, -0.05) is 54.1 Å². The second-order valence-corrected chi connectivity index (χ2v) is 8.89. The first-order valence-corrected chi connectivity index (χ1v) is 11.4. The van der Waals surface area contributed by atoms with Gasteiger partial charge in [-0.05, 0) is 42.0 Å². The zero-order chi connectivity index (χ0) is 22.1. The summed E-state index contributed by atoms with van der Waals surface area (Å²) in [7, 11) is 0. The number of benzene rings is 2. The maximum atomic E-state index is 13.2. The molecular weight excluding hydrogens is 424 g/mol. The van der Waals surface area contributed by atoms with E-state index in [9.17, 15) is 9.59 Å². The highest BCUT2D eigenvalue weighted by Crippen LogP contribution is 2.30. The predicted molar refractivity (Wildman–Crippen MR) is 122 cm³/mol. The number of nitrogens with zero attached hydrogens (tertiary/aromatic N) is 2. The van der Waals surface area contributed by atoms with E-state index in [1.807, 2.05) is 30.3 Å². The van der Waals surface area contributed by atoms with Crippen molar-refractivity contribution in [3.05, 3.63) is 87.2 Å². The first-order valence-electron chi connectivity index (χ1n) is 11.1. The lowest BCUT2D eigenvalue weighted by molar-refractivity contribution is -0.131. The van der Waals surface area contributed by atoms with Crippen LogP contribution in [0.2, 0.25) is 5.02 Å². The lowest BCUT2D eigenvalue weighted by atomic mass is 9.87. The van der Waals surface area contributed by atoms with E-state index < -0.39 is 0 Å². The van der Waals surface area contributed by atoms with Crippen LogP contribution < -0.4 is 5.32 Å². The first-order chi connectivity index (χ1) is 15.6. The van der Waals surface area contributed by atoms with E-state index in [0.29, 0.717) is 30.2 Å². The molecule has 0 fully saturated rings. The van der Waals surface area contributed by atoms with E-state index in [1.54, 1.807) is 11.0 Å². The van der Waals surface area contributed by atoms with Gasteiger partial charge in [0, 0.05) is 35.8 Å². The number of amides is 2. The molecule has 1 aliphatic heterocycles. The molecule has 1 aliphatic carbocycles. The Morgan fingerprint density at radius 2 is 1.94 bits per heavy atom. The van der Waals surface area contributed by atoms with Crippen molar-refractivity contribution in [1.82, 2.24) is 20.4 Å². The lowest BCUT2D eigenvalue weighted by Gasteiger charge is -2.28. The molecule has 2 aliphatic rings. The predicted octanol–water partition coefficient (Wildman–Crippen LogP) is 4.00. The third-order valence-corrected chi connectivity index (χ3v) is 6.84. The van der Waals surface area contributed by atoms with Gasteiger partial charge in [-0.2, -0.15) is 5.10 Å². The number of aromatic amines is 1. The molecule has 0 bridgehead atoms. The highest BCUT2D eigenvalue weighted by molar-refractivity contribution is 6.31. The number of nitrogens with one attached hydrogen (secondary N) is 2. The van der Waals surface area contributed by atoms with Crippen LogP contribution in [0.3, 0.4) is 0 Å². The molecule has 0 spiro atoms. The van der Waals surface area contributed by atoms with E-state index in [0.717, 1.165) is 36.1 Å². The summed E-state index contributed by atoms with van der Waals surface area (Å²) in [4.78, 5) is 27.9. The number of carbonyl (C=O) groups excluding carboxylic acids is 2. The fraction of sp³-hybridized carbons (Fsp3) is 0.320. The van der Waals surface area contributed by atoms with Gasteiger partial charge >= 0.3 is 0 Å². The Morgan fingerprint density at radius 3 is 2.81 bits per heavy atom. The topological polar surface area (TPSA) is 78.1 Å². The third kappa shape index (κ3) is 4.02.